The van der Waals surface area contributed by atoms with E-state index in [2.05, 4.69) is 28.8 Å². The average molecular weight is 468 g/mol. The Morgan fingerprint density at radius 2 is 1.80 bits per heavy atom. The third-order valence-corrected chi connectivity index (χ3v) is 6.36. The van der Waals surface area contributed by atoms with Crippen molar-refractivity contribution >= 4 is 5.91 Å². The van der Waals surface area contributed by atoms with Crippen molar-refractivity contribution in [2.24, 2.45) is 0 Å². The lowest BCUT2D eigenvalue weighted by molar-refractivity contribution is 0.0664. The Balaban J connectivity index is 1.34. The smallest absolute Gasteiger partial charge is 0.253 e. The van der Waals surface area contributed by atoms with Crippen LogP contribution in [0.15, 0.2) is 67.3 Å². The summed E-state index contributed by atoms with van der Waals surface area (Å²) in [5, 5.41) is 4.74. The molecule has 35 heavy (non-hydrogen) atoms. The van der Waals surface area contributed by atoms with Gasteiger partial charge in [0.25, 0.3) is 5.91 Å². The normalized spacial score (nSPS) is 14.3. The number of likely N-dealkylation sites (N-methyl/N-ethyl adjacent to an activating group) is 1. The van der Waals surface area contributed by atoms with Crippen LogP contribution in [0.4, 0.5) is 0 Å². The lowest BCUT2D eigenvalue weighted by Crippen LogP contribution is -2.47. The van der Waals surface area contributed by atoms with E-state index in [9.17, 15) is 4.79 Å². The Kier molecular flexibility index (Phi) is 6.63. The molecule has 0 aliphatic carbocycles. The molecule has 1 aromatic carbocycles. The summed E-state index contributed by atoms with van der Waals surface area (Å²) < 4.78 is 1.91. The first-order chi connectivity index (χ1) is 17.1. The minimum atomic E-state index is 0.0961. The molecule has 1 aliphatic rings. The Morgan fingerprint density at radius 3 is 2.51 bits per heavy atom. The second-order valence-corrected chi connectivity index (χ2v) is 8.82. The van der Waals surface area contributed by atoms with Crippen molar-refractivity contribution in [1.29, 1.82) is 0 Å². The van der Waals surface area contributed by atoms with Gasteiger partial charge in [-0.3, -0.25) is 14.5 Å². The molecule has 8 nitrogen and oxygen atoms in total. The zero-order valence-electron chi connectivity index (χ0n) is 20.1. The van der Waals surface area contributed by atoms with Crippen LogP contribution in [0.3, 0.4) is 0 Å². The molecular weight excluding hydrogens is 438 g/mol. The molecule has 1 fully saturated rings. The molecule has 4 heterocycles. The van der Waals surface area contributed by atoms with Crippen molar-refractivity contribution in [3.8, 4) is 22.5 Å². The van der Waals surface area contributed by atoms with Crippen molar-refractivity contribution in [2.45, 2.75) is 19.9 Å². The number of aryl methyl sites for hydroxylation is 1. The van der Waals surface area contributed by atoms with Gasteiger partial charge in [-0.2, -0.15) is 5.10 Å². The molecule has 0 spiro atoms. The first-order valence-electron chi connectivity index (χ1n) is 12.0. The van der Waals surface area contributed by atoms with Crippen LogP contribution in [0.1, 0.15) is 28.7 Å². The fourth-order valence-corrected chi connectivity index (χ4v) is 4.26. The third kappa shape index (κ3) is 5.12. The predicted octanol–water partition coefficient (Wildman–Crippen LogP) is 3.40. The lowest BCUT2D eigenvalue weighted by atomic mass is 10.1. The zero-order chi connectivity index (χ0) is 24.2. The highest BCUT2D eigenvalue weighted by Gasteiger charge is 2.20. The van der Waals surface area contributed by atoms with Gasteiger partial charge < -0.3 is 9.80 Å². The molecule has 0 unspecified atom stereocenters. The van der Waals surface area contributed by atoms with Crippen LogP contribution in [0.25, 0.3) is 22.5 Å². The standard InChI is InChI=1S/C27H29N7O/c1-3-34-19-23(26(31-34)22-5-4-11-28-18-22)24-10-12-29-25(30-24)17-20-6-8-21(9-7-20)27(35)33-15-13-32(2)14-16-33/h4-12,18-19H,3,13-17H2,1-2H3. The summed E-state index contributed by atoms with van der Waals surface area (Å²) in [7, 11) is 2.09. The predicted molar refractivity (Wildman–Crippen MR) is 135 cm³/mol. The SMILES string of the molecule is CCn1cc(-c2ccnc(Cc3ccc(C(=O)N4CCN(C)CC4)cc3)n2)c(-c2cccnc2)n1. The first-order valence-corrected chi connectivity index (χ1v) is 12.0. The number of pyridine rings is 1. The molecular formula is C27H29N7O. The molecule has 178 valence electrons. The minimum absolute atomic E-state index is 0.0961. The fourth-order valence-electron chi connectivity index (χ4n) is 4.26. The highest BCUT2D eigenvalue weighted by Crippen LogP contribution is 2.29. The van der Waals surface area contributed by atoms with Crippen LogP contribution in [0.5, 0.6) is 0 Å². The van der Waals surface area contributed by atoms with Crippen LogP contribution >= 0.6 is 0 Å². The van der Waals surface area contributed by atoms with Crippen molar-refractivity contribution in [1.82, 2.24) is 34.5 Å². The largest absolute Gasteiger partial charge is 0.336 e. The van der Waals surface area contributed by atoms with E-state index in [-0.39, 0.29) is 5.91 Å². The molecule has 5 rings (SSSR count). The van der Waals surface area contributed by atoms with Crippen LogP contribution in [-0.4, -0.2) is 73.7 Å². The van der Waals surface area contributed by atoms with Crippen LogP contribution < -0.4 is 0 Å². The summed E-state index contributed by atoms with van der Waals surface area (Å²) in [5.41, 5.74) is 5.38. The number of hydrogen-bond acceptors (Lipinski definition) is 6. The van der Waals surface area contributed by atoms with Gasteiger partial charge >= 0.3 is 0 Å². The van der Waals surface area contributed by atoms with Crippen molar-refractivity contribution in [2.75, 3.05) is 33.2 Å². The van der Waals surface area contributed by atoms with Gasteiger partial charge in [0.2, 0.25) is 0 Å². The third-order valence-electron chi connectivity index (χ3n) is 6.36. The maximum Gasteiger partial charge on any atom is 0.253 e. The summed E-state index contributed by atoms with van der Waals surface area (Å²) in [5.74, 6) is 0.820. The molecule has 1 saturated heterocycles. The molecule has 0 radical (unpaired) electrons. The summed E-state index contributed by atoms with van der Waals surface area (Å²) in [6.45, 7) is 6.20. The number of aromatic nitrogens is 5. The Labute approximate surface area is 205 Å². The number of nitrogens with zero attached hydrogens (tertiary/aromatic N) is 7. The van der Waals surface area contributed by atoms with Gasteiger partial charge in [-0.1, -0.05) is 12.1 Å². The fraction of sp³-hybridized carbons (Fsp3) is 0.296. The van der Waals surface area contributed by atoms with Gasteiger partial charge in [-0.15, -0.1) is 0 Å². The van der Waals surface area contributed by atoms with Gasteiger partial charge in [-0.25, -0.2) is 9.97 Å². The van der Waals surface area contributed by atoms with Gasteiger partial charge in [0, 0.05) is 80.6 Å². The highest BCUT2D eigenvalue weighted by molar-refractivity contribution is 5.94. The van der Waals surface area contributed by atoms with Gasteiger partial charge in [0.15, 0.2) is 0 Å². The number of piperazine rings is 1. The van der Waals surface area contributed by atoms with E-state index < -0.39 is 0 Å². The zero-order valence-corrected chi connectivity index (χ0v) is 20.1. The average Bonchev–Trinajstić information content (AvgIpc) is 3.35. The van der Waals surface area contributed by atoms with Gasteiger partial charge in [0.05, 0.1) is 5.69 Å². The lowest BCUT2D eigenvalue weighted by Gasteiger charge is -2.32. The molecule has 1 aliphatic heterocycles. The second-order valence-electron chi connectivity index (χ2n) is 8.82. The number of benzene rings is 1. The Bertz CT molecular complexity index is 1290. The first kappa shape index (κ1) is 22.9. The molecule has 0 atom stereocenters. The van der Waals surface area contributed by atoms with Crippen molar-refractivity contribution in [3.63, 3.8) is 0 Å². The van der Waals surface area contributed by atoms with E-state index in [1.165, 1.54) is 0 Å². The monoisotopic (exact) mass is 467 g/mol. The second kappa shape index (κ2) is 10.1. The highest BCUT2D eigenvalue weighted by atomic mass is 16.2. The van der Waals surface area contributed by atoms with E-state index in [0.29, 0.717) is 6.42 Å². The number of hydrogen-bond donors (Lipinski definition) is 0. The van der Waals surface area contributed by atoms with Gasteiger partial charge in [0.1, 0.15) is 11.5 Å². The minimum Gasteiger partial charge on any atom is -0.336 e. The topological polar surface area (TPSA) is 80.0 Å². The van der Waals surface area contributed by atoms with E-state index in [1.54, 1.807) is 12.4 Å². The van der Waals surface area contributed by atoms with E-state index >= 15 is 0 Å². The summed E-state index contributed by atoms with van der Waals surface area (Å²) >= 11 is 0. The number of carbonyl (C=O) groups is 1. The number of carbonyl (C=O) groups excluding carboxylic acids is 1. The molecule has 8 heteroatoms. The summed E-state index contributed by atoms with van der Waals surface area (Å²) in [6, 6.07) is 13.6. The number of amides is 1. The van der Waals surface area contributed by atoms with Crippen molar-refractivity contribution in [3.05, 3.63) is 84.2 Å². The molecule has 0 N–H and O–H groups in total. The maximum absolute atomic E-state index is 12.8. The van der Waals surface area contributed by atoms with E-state index in [1.807, 2.05) is 64.4 Å². The molecule has 3 aromatic heterocycles. The molecule has 1 amide bonds. The number of rotatable bonds is 6. The van der Waals surface area contributed by atoms with Crippen LogP contribution in [0, 0.1) is 0 Å². The Morgan fingerprint density at radius 1 is 1.00 bits per heavy atom. The molecule has 4 aromatic rings. The van der Waals surface area contributed by atoms with E-state index in [0.717, 1.165) is 72.2 Å². The van der Waals surface area contributed by atoms with Gasteiger partial charge in [-0.05, 0) is 49.9 Å². The van der Waals surface area contributed by atoms with Crippen molar-refractivity contribution < 1.29 is 4.79 Å². The summed E-state index contributed by atoms with van der Waals surface area (Å²) in [6.07, 6.45) is 7.97. The van der Waals surface area contributed by atoms with Crippen LogP contribution in [0.2, 0.25) is 0 Å². The molecule has 0 bridgehead atoms. The molecule has 0 saturated carbocycles. The van der Waals surface area contributed by atoms with E-state index in [4.69, 9.17) is 10.1 Å². The maximum atomic E-state index is 12.8. The Hall–Kier alpha value is -3.91. The summed E-state index contributed by atoms with van der Waals surface area (Å²) in [4.78, 5) is 30.6. The van der Waals surface area contributed by atoms with Crippen LogP contribution in [-0.2, 0) is 13.0 Å². The quantitative estimate of drug-likeness (QED) is 0.432.